The fraction of sp³-hybridized carbons (Fsp3) is 0.333. The minimum absolute atomic E-state index is 0.119. The fourth-order valence-electron chi connectivity index (χ4n) is 1.63. The van der Waals surface area contributed by atoms with Crippen LogP contribution in [0.15, 0.2) is 22.6 Å². The molecule has 17 heavy (non-hydrogen) atoms. The molecule has 0 bridgehead atoms. The van der Waals surface area contributed by atoms with Gasteiger partial charge in [0.25, 0.3) is 0 Å². The summed E-state index contributed by atoms with van der Waals surface area (Å²) in [4.78, 5) is 24.4. The van der Waals surface area contributed by atoms with Crippen LogP contribution in [0.5, 0.6) is 0 Å². The van der Waals surface area contributed by atoms with E-state index in [1.165, 1.54) is 11.0 Å². The molecule has 2 heterocycles. The molecule has 1 fully saturated rings. The van der Waals surface area contributed by atoms with Crippen LogP contribution >= 0.6 is 0 Å². The lowest BCUT2D eigenvalue weighted by atomic mass is 10.3. The highest BCUT2D eigenvalue weighted by Gasteiger charge is 2.18. The largest absolute Gasteiger partial charge is 0.462 e. The molecule has 1 aliphatic rings. The quantitative estimate of drug-likeness (QED) is 0.760. The minimum Gasteiger partial charge on any atom is -0.462 e. The molecule has 1 aromatic rings. The summed E-state index contributed by atoms with van der Waals surface area (Å²) in [7, 11) is 0. The molecule has 0 aliphatic carbocycles. The van der Waals surface area contributed by atoms with Crippen LogP contribution in [-0.2, 0) is 9.59 Å². The Labute approximate surface area is 99.1 Å². The summed E-state index contributed by atoms with van der Waals surface area (Å²) in [5.74, 6) is 1.15. The highest BCUT2D eigenvalue weighted by molar-refractivity contribution is 5.94. The normalized spacial score (nSPS) is 16.3. The summed E-state index contributed by atoms with van der Waals surface area (Å²) < 4.78 is 5.31. The van der Waals surface area contributed by atoms with Gasteiger partial charge in [-0.1, -0.05) is 0 Å². The van der Waals surface area contributed by atoms with Crippen molar-refractivity contribution in [3.8, 4) is 0 Å². The molecule has 2 amide bonds. The highest BCUT2D eigenvalue weighted by Crippen LogP contribution is 2.08. The van der Waals surface area contributed by atoms with Crippen LogP contribution in [-0.4, -0.2) is 36.3 Å². The Morgan fingerprint density at radius 1 is 1.53 bits per heavy atom. The molecule has 0 atom stereocenters. The molecule has 1 aromatic heterocycles. The van der Waals surface area contributed by atoms with Gasteiger partial charge in [-0.2, -0.15) is 0 Å². The van der Waals surface area contributed by atoms with Crippen LogP contribution < -0.4 is 5.32 Å². The standard InChI is InChI=1S/C12H14N2O3/c1-9-2-3-10(17-9)4-5-12(16)14-7-6-13-11(15)8-14/h2-5H,6-8H2,1H3,(H,13,15)/b5-4+. The zero-order chi connectivity index (χ0) is 12.3. The third kappa shape index (κ3) is 2.96. The SMILES string of the molecule is Cc1ccc(/C=C/C(=O)N2CCNC(=O)C2)o1. The summed E-state index contributed by atoms with van der Waals surface area (Å²) in [5.41, 5.74) is 0. The summed E-state index contributed by atoms with van der Waals surface area (Å²) in [6, 6.07) is 3.63. The van der Waals surface area contributed by atoms with Gasteiger partial charge in [-0.15, -0.1) is 0 Å². The van der Waals surface area contributed by atoms with Gasteiger partial charge in [0.05, 0.1) is 6.54 Å². The fourth-order valence-corrected chi connectivity index (χ4v) is 1.63. The van der Waals surface area contributed by atoms with E-state index in [1.54, 1.807) is 12.1 Å². The molecule has 0 radical (unpaired) electrons. The molecule has 2 rings (SSSR count). The molecule has 0 aromatic carbocycles. The average molecular weight is 234 g/mol. The second-order valence-electron chi connectivity index (χ2n) is 3.89. The van der Waals surface area contributed by atoms with Gasteiger partial charge in [0.2, 0.25) is 11.8 Å². The lowest BCUT2D eigenvalue weighted by molar-refractivity contribution is -0.134. The third-order valence-electron chi connectivity index (χ3n) is 2.50. The van der Waals surface area contributed by atoms with Gasteiger partial charge in [-0.3, -0.25) is 9.59 Å². The van der Waals surface area contributed by atoms with E-state index in [9.17, 15) is 9.59 Å². The third-order valence-corrected chi connectivity index (χ3v) is 2.50. The number of rotatable bonds is 2. The molecule has 5 nitrogen and oxygen atoms in total. The summed E-state index contributed by atoms with van der Waals surface area (Å²) in [6.45, 7) is 3.03. The van der Waals surface area contributed by atoms with Crippen molar-refractivity contribution in [2.24, 2.45) is 0 Å². The number of carbonyl (C=O) groups excluding carboxylic acids is 2. The lowest BCUT2D eigenvalue weighted by Crippen LogP contribution is -2.49. The molecule has 1 aliphatic heterocycles. The minimum atomic E-state index is -0.172. The second-order valence-corrected chi connectivity index (χ2v) is 3.89. The molecular formula is C12H14N2O3. The van der Waals surface area contributed by atoms with Crippen LogP contribution in [0.25, 0.3) is 6.08 Å². The van der Waals surface area contributed by atoms with Crippen molar-refractivity contribution in [3.63, 3.8) is 0 Å². The van der Waals surface area contributed by atoms with Crippen LogP contribution in [0.4, 0.5) is 0 Å². The van der Waals surface area contributed by atoms with Crippen molar-refractivity contribution >= 4 is 17.9 Å². The smallest absolute Gasteiger partial charge is 0.247 e. The molecular weight excluding hydrogens is 220 g/mol. The molecule has 5 heteroatoms. The number of aryl methyl sites for hydroxylation is 1. The Balaban J connectivity index is 1.96. The first-order valence-corrected chi connectivity index (χ1v) is 5.45. The summed E-state index contributed by atoms with van der Waals surface area (Å²) >= 11 is 0. The maximum Gasteiger partial charge on any atom is 0.247 e. The van der Waals surface area contributed by atoms with Crippen molar-refractivity contribution < 1.29 is 14.0 Å². The predicted molar refractivity (Wildman–Crippen MR) is 62.1 cm³/mol. The maximum absolute atomic E-state index is 11.7. The first kappa shape index (κ1) is 11.4. The molecule has 90 valence electrons. The summed E-state index contributed by atoms with van der Waals surface area (Å²) in [5, 5.41) is 2.67. The van der Waals surface area contributed by atoms with Crippen LogP contribution in [0.3, 0.4) is 0 Å². The van der Waals surface area contributed by atoms with Gasteiger partial charge in [0.1, 0.15) is 11.5 Å². The van der Waals surface area contributed by atoms with Gasteiger partial charge in [-0.25, -0.2) is 0 Å². The summed E-state index contributed by atoms with van der Waals surface area (Å²) in [6.07, 6.45) is 3.04. The molecule has 1 N–H and O–H groups in total. The molecule has 0 spiro atoms. The van der Waals surface area contributed by atoms with Crippen molar-refractivity contribution in [1.29, 1.82) is 0 Å². The topological polar surface area (TPSA) is 62.6 Å². The lowest BCUT2D eigenvalue weighted by Gasteiger charge is -2.25. The number of carbonyl (C=O) groups is 2. The number of nitrogens with one attached hydrogen (secondary N) is 1. The number of amides is 2. The van der Waals surface area contributed by atoms with E-state index in [4.69, 9.17) is 4.42 Å². The van der Waals surface area contributed by atoms with Crippen molar-refractivity contribution in [2.45, 2.75) is 6.92 Å². The zero-order valence-electron chi connectivity index (χ0n) is 9.60. The number of hydrogen-bond acceptors (Lipinski definition) is 3. The van der Waals surface area contributed by atoms with Crippen molar-refractivity contribution in [1.82, 2.24) is 10.2 Å². The van der Waals surface area contributed by atoms with E-state index in [0.717, 1.165) is 5.76 Å². The zero-order valence-corrected chi connectivity index (χ0v) is 9.60. The van der Waals surface area contributed by atoms with Crippen molar-refractivity contribution in [2.75, 3.05) is 19.6 Å². The predicted octanol–water partition coefficient (Wildman–Crippen LogP) is 0.560. The van der Waals surface area contributed by atoms with Crippen LogP contribution in [0.1, 0.15) is 11.5 Å². The first-order chi connectivity index (χ1) is 8.15. The molecule has 1 saturated heterocycles. The van der Waals surface area contributed by atoms with Gasteiger partial charge in [0, 0.05) is 19.2 Å². The number of nitrogens with zero attached hydrogens (tertiary/aromatic N) is 1. The van der Waals surface area contributed by atoms with E-state index in [-0.39, 0.29) is 18.4 Å². The number of furan rings is 1. The molecule has 0 saturated carbocycles. The Morgan fingerprint density at radius 3 is 3.00 bits per heavy atom. The second kappa shape index (κ2) is 4.86. The van der Waals surface area contributed by atoms with Crippen molar-refractivity contribution in [3.05, 3.63) is 29.7 Å². The molecule has 0 unspecified atom stereocenters. The van der Waals surface area contributed by atoms with Crippen LogP contribution in [0, 0.1) is 6.92 Å². The Bertz CT molecular complexity index is 462. The number of piperazine rings is 1. The van der Waals surface area contributed by atoms with Gasteiger partial charge >= 0.3 is 0 Å². The van der Waals surface area contributed by atoms with E-state index >= 15 is 0 Å². The Kier molecular flexibility index (Phi) is 3.27. The van der Waals surface area contributed by atoms with Gasteiger partial charge < -0.3 is 14.6 Å². The van der Waals surface area contributed by atoms with Crippen LogP contribution in [0.2, 0.25) is 0 Å². The number of hydrogen-bond donors (Lipinski definition) is 1. The van der Waals surface area contributed by atoms with E-state index in [0.29, 0.717) is 18.8 Å². The highest BCUT2D eigenvalue weighted by atomic mass is 16.3. The van der Waals surface area contributed by atoms with Gasteiger partial charge in [0.15, 0.2) is 0 Å². The maximum atomic E-state index is 11.7. The first-order valence-electron chi connectivity index (χ1n) is 5.45. The van der Waals surface area contributed by atoms with E-state index in [2.05, 4.69) is 5.32 Å². The Morgan fingerprint density at radius 2 is 2.35 bits per heavy atom. The van der Waals surface area contributed by atoms with E-state index in [1.807, 2.05) is 13.0 Å². The monoisotopic (exact) mass is 234 g/mol. The van der Waals surface area contributed by atoms with Gasteiger partial charge in [-0.05, 0) is 25.1 Å². The Hall–Kier alpha value is -2.04. The average Bonchev–Trinajstić information content (AvgIpc) is 2.72. The van der Waals surface area contributed by atoms with E-state index < -0.39 is 0 Å².